The molecule has 9 heteroatoms. The summed E-state index contributed by atoms with van der Waals surface area (Å²) in [6.07, 6.45) is -5.17. The Hall–Kier alpha value is -0.510. The molecule has 0 rings (SSSR count). The Balaban J connectivity index is 4.01. The molecule has 15 heavy (non-hydrogen) atoms. The summed E-state index contributed by atoms with van der Waals surface area (Å²) in [5.74, 6) is -6.61. The molecule has 0 heterocycles. The van der Waals surface area contributed by atoms with E-state index in [1.165, 1.54) is 0 Å². The van der Waals surface area contributed by atoms with Crippen molar-refractivity contribution in [3.63, 3.8) is 0 Å². The van der Waals surface area contributed by atoms with Crippen molar-refractivity contribution < 1.29 is 33.3 Å². The van der Waals surface area contributed by atoms with Crippen molar-refractivity contribution in [2.75, 3.05) is 11.5 Å². The topological polar surface area (TPSA) is 104 Å². The number of carbonyl (C=O) groups is 1. The highest BCUT2D eigenvalue weighted by Crippen LogP contribution is 2.30. The maximum absolute atomic E-state index is 11.9. The number of aliphatic hydroxyl groups is 2. The largest absolute Gasteiger partial charge is 0.480 e. The number of carboxylic acids is 1. The smallest absolute Gasteiger partial charge is 0.443 e. The SMILES string of the molecule is N[C@@H](CSCC(O)(O)C(F)(F)F)C(=O)O. The van der Waals surface area contributed by atoms with Gasteiger partial charge in [0.05, 0.1) is 5.75 Å². The summed E-state index contributed by atoms with van der Waals surface area (Å²) in [4.78, 5) is 10.2. The highest BCUT2D eigenvalue weighted by molar-refractivity contribution is 7.99. The fraction of sp³-hybridized carbons (Fsp3) is 0.833. The molecule has 0 aromatic heterocycles. The zero-order chi connectivity index (χ0) is 12.3. The number of thioether (sulfide) groups is 1. The third-order valence-corrected chi connectivity index (χ3v) is 2.57. The van der Waals surface area contributed by atoms with Gasteiger partial charge in [0, 0.05) is 5.75 Å². The van der Waals surface area contributed by atoms with E-state index in [9.17, 15) is 18.0 Å². The Morgan fingerprint density at radius 3 is 2.20 bits per heavy atom. The average Bonchev–Trinajstić information content (AvgIpc) is 2.01. The van der Waals surface area contributed by atoms with E-state index in [1.807, 2.05) is 0 Å². The molecule has 0 saturated heterocycles. The van der Waals surface area contributed by atoms with E-state index in [4.69, 9.17) is 21.1 Å². The number of hydrogen-bond donors (Lipinski definition) is 4. The van der Waals surface area contributed by atoms with E-state index in [2.05, 4.69) is 0 Å². The predicted molar refractivity (Wildman–Crippen MR) is 46.2 cm³/mol. The first-order chi connectivity index (χ1) is 6.58. The number of carboxylic acid groups (broad SMARTS) is 1. The van der Waals surface area contributed by atoms with Crippen LogP contribution in [-0.2, 0) is 4.79 Å². The summed E-state index contributed by atoms with van der Waals surface area (Å²) in [5.41, 5.74) is 4.99. The predicted octanol–water partition coefficient (Wildman–Crippen LogP) is -0.625. The maximum atomic E-state index is 11.9. The summed E-state index contributed by atoms with van der Waals surface area (Å²) in [5, 5.41) is 25.3. The minimum Gasteiger partial charge on any atom is -0.480 e. The second kappa shape index (κ2) is 5.01. The molecule has 0 amide bonds. The van der Waals surface area contributed by atoms with E-state index in [0.717, 1.165) is 0 Å². The van der Waals surface area contributed by atoms with Crippen molar-refractivity contribution in [1.82, 2.24) is 0 Å². The molecule has 0 aliphatic rings. The van der Waals surface area contributed by atoms with E-state index < -0.39 is 29.7 Å². The van der Waals surface area contributed by atoms with Gasteiger partial charge in [0.2, 0.25) is 0 Å². The second-order valence-corrected chi connectivity index (χ2v) is 3.80. The average molecular weight is 249 g/mol. The van der Waals surface area contributed by atoms with E-state index in [-0.39, 0.29) is 5.75 Å². The van der Waals surface area contributed by atoms with Crippen molar-refractivity contribution in [2.24, 2.45) is 5.73 Å². The third kappa shape index (κ3) is 4.69. The van der Waals surface area contributed by atoms with Crippen LogP contribution in [0, 0.1) is 0 Å². The lowest BCUT2D eigenvalue weighted by atomic mass is 10.3. The molecule has 0 fully saturated rings. The van der Waals surface area contributed by atoms with Gasteiger partial charge in [0.15, 0.2) is 0 Å². The van der Waals surface area contributed by atoms with Crippen LogP contribution in [0.3, 0.4) is 0 Å². The first-order valence-electron chi connectivity index (χ1n) is 3.65. The fourth-order valence-electron chi connectivity index (χ4n) is 0.481. The maximum Gasteiger partial charge on any atom is 0.443 e. The molecule has 5 nitrogen and oxygen atoms in total. The Bertz CT molecular complexity index is 233. The van der Waals surface area contributed by atoms with Gasteiger partial charge in [0.25, 0.3) is 5.79 Å². The number of rotatable bonds is 5. The highest BCUT2D eigenvalue weighted by atomic mass is 32.2. The summed E-state index contributed by atoms with van der Waals surface area (Å²) >= 11 is 0.398. The third-order valence-electron chi connectivity index (χ3n) is 1.37. The van der Waals surface area contributed by atoms with Gasteiger partial charge in [-0.15, -0.1) is 0 Å². The van der Waals surface area contributed by atoms with Gasteiger partial charge >= 0.3 is 12.1 Å². The molecule has 0 saturated carbocycles. The molecule has 0 unspecified atom stereocenters. The van der Waals surface area contributed by atoms with Crippen molar-refractivity contribution in [2.45, 2.75) is 18.0 Å². The molecule has 0 aliphatic carbocycles. The molecular weight excluding hydrogens is 239 g/mol. The van der Waals surface area contributed by atoms with Gasteiger partial charge in [-0.1, -0.05) is 0 Å². The van der Waals surface area contributed by atoms with Gasteiger partial charge in [-0.2, -0.15) is 24.9 Å². The van der Waals surface area contributed by atoms with Crippen molar-refractivity contribution in [3.8, 4) is 0 Å². The molecule has 0 aromatic rings. The molecule has 0 bridgehead atoms. The van der Waals surface area contributed by atoms with Crippen LogP contribution < -0.4 is 5.73 Å². The molecular formula is C6H10F3NO4S. The summed E-state index contributed by atoms with van der Waals surface area (Å²) in [6.45, 7) is 0. The number of hydrogen-bond acceptors (Lipinski definition) is 5. The van der Waals surface area contributed by atoms with Gasteiger partial charge in [-0.05, 0) is 0 Å². The molecule has 1 atom stereocenters. The Morgan fingerprint density at radius 1 is 1.40 bits per heavy atom. The minimum atomic E-state index is -5.17. The van der Waals surface area contributed by atoms with E-state index in [0.29, 0.717) is 11.8 Å². The lowest BCUT2D eigenvalue weighted by Gasteiger charge is -2.24. The lowest BCUT2D eigenvalue weighted by Crippen LogP contribution is -2.47. The standard InChI is InChI=1S/C6H10F3NO4S/c7-6(8,9)5(13,14)2-15-1-3(10)4(11)12/h3,13-14H,1-2,10H2,(H,11,12)/t3-/m0/s1. The fourth-order valence-corrected chi connectivity index (χ4v) is 1.44. The van der Waals surface area contributed by atoms with Gasteiger partial charge < -0.3 is 21.1 Å². The zero-order valence-electron chi connectivity index (χ0n) is 7.36. The van der Waals surface area contributed by atoms with Crippen LogP contribution in [0.25, 0.3) is 0 Å². The van der Waals surface area contributed by atoms with Crippen LogP contribution in [-0.4, -0.2) is 50.8 Å². The van der Waals surface area contributed by atoms with Crippen molar-refractivity contribution in [1.29, 1.82) is 0 Å². The molecule has 0 spiro atoms. The molecule has 0 aliphatic heterocycles. The van der Waals surface area contributed by atoms with E-state index >= 15 is 0 Å². The first kappa shape index (κ1) is 14.5. The lowest BCUT2D eigenvalue weighted by molar-refractivity contribution is -0.336. The second-order valence-electron chi connectivity index (χ2n) is 2.77. The Kier molecular flexibility index (Phi) is 4.84. The molecule has 0 aromatic carbocycles. The van der Waals surface area contributed by atoms with Gasteiger partial charge in [0.1, 0.15) is 6.04 Å². The summed E-state index contributed by atoms with van der Waals surface area (Å²) < 4.78 is 35.6. The first-order valence-corrected chi connectivity index (χ1v) is 4.81. The van der Waals surface area contributed by atoms with Crippen LogP contribution in [0.4, 0.5) is 13.2 Å². The monoisotopic (exact) mass is 249 g/mol. The molecule has 5 N–H and O–H groups in total. The number of nitrogens with two attached hydrogens (primary N) is 1. The minimum absolute atomic E-state index is 0.339. The Labute approximate surface area is 87.1 Å². The van der Waals surface area contributed by atoms with Crippen LogP contribution in [0.5, 0.6) is 0 Å². The zero-order valence-corrected chi connectivity index (χ0v) is 8.18. The normalized spacial score (nSPS) is 15.1. The number of alkyl halides is 3. The quantitative estimate of drug-likeness (QED) is 0.484. The van der Waals surface area contributed by atoms with Crippen LogP contribution in [0.15, 0.2) is 0 Å². The number of halogens is 3. The number of aliphatic carboxylic acids is 1. The molecule has 0 radical (unpaired) electrons. The van der Waals surface area contributed by atoms with Crippen LogP contribution >= 0.6 is 11.8 Å². The highest BCUT2D eigenvalue weighted by Gasteiger charge is 2.52. The van der Waals surface area contributed by atoms with Gasteiger partial charge in [-0.3, -0.25) is 4.79 Å². The van der Waals surface area contributed by atoms with Crippen molar-refractivity contribution >= 4 is 17.7 Å². The van der Waals surface area contributed by atoms with Gasteiger partial charge in [-0.25, -0.2) is 0 Å². The van der Waals surface area contributed by atoms with Crippen LogP contribution in [0.2, 0.25) is 0 Å². The Morgan fingerprint density at radius 2 is 1.87 bits per heavy atom. The molecule has 90 valence electrons. The summed E-state index contributed by atoms with van der Waals surface area (Å²) in [7, 11) is 0. The van der Waals surface area contributed by atoms with Crippen LogP contribution in [0.1, 0.15) is 0 Å². The summed E-state index contributed by atoms with van der Waals surface area (Å²) in [6, 6.07) is -1.33. The van der Waals surface area contributed by atoms with E-state index in [1.54, 1.807) is 0 Å². The van der Waals surface area contributed by atoms with Crippen molar-refractivity contribution in [3.05, 3.63) is 0 Å².